The highest BCUT2D eigenvalue weighted by Crippen LogP contribution is 2.52. The van der Waals surface area contributed by atoms with E-state index in [-0.39, 0.29) is 82.7 Å². The van der Waals surface area contributed by atoms with Crippen molar-refractivity contribution < 1.29 is 73.8 Å². The van der Waals surface area contributed by atoms with Crippen molar-refractivity contribution in [1.29, 1.82) is 0 Å². The summed E-state index contributed by atoms with van der Waals surface area (Å²) in [5, 5.41) is 63.0. The van der Waals surface area contributed by atoms with Gasteiger partial charge in [-0.25, -0.2) is 37.2 Å². The molecule has 12 atom stereocenters. The highest BCUT2D eigenvalue weighted by atomic mass is 32.3. The molecular formula is C34H54N12O16S4. The monoisotopic (exact) mass is 1010 g/mol. The lowest BCUT2D eigenvalue weighted by Crippen LogP contribution is -2.37. The number of hydrogen-bond donors (Lipinski definition) is 10. The number of hydrogen-bond acceptors (Lipinski definition) is 24. The van der Waals surface area contributed by atoms with E-state index >= 15 is 0 Å². The van der Waals surface area contributed by atoms with Gasteiger partial charge in [-0.1, -0.05) is 0 Å². The SMILES string of the molecule is CS(CC[C@H](N)C(=O)O)(C[C@H]1O[C@@H](n2cnc3c(N)ncnc32)[C@H](O)[C@@H]1O)OS(=O)(=O)CCCCS(=O)(=O)OS(C)(CC[C@H](N)C(=O)O)C[C@H]1O[C@@H](n2cnc3c(N)ncnc32)[C@H](O)[C@@H]1O. The van der Waals surface area contributed by atoms with Crippen LogP contribution in [0.4, 0.5) is 11.6 Å². The fourth-order valence-electron chi connectivity index (χ4n) is 7.42. The van der Waals surface area contributed by atoms with Crippen molar-refractivity contribution in [3.63, 3.8) is 0 Å². The van der Waals surface area contributed by atoms with Crippen LogP contribution in [0.3, 0.4) is 0 Å². The van der Waals surface area contributed by atoms with Gasteiger partial charge in [0.1, 0.15) is 60.2 Å². The van der Waals surface area contributed by atoms with Gasteiger partial charge < -0.3 is 63.0 Å². The van der Waals surface area contributed by atoms with Gasteiger partial charge in [-0.3, -0.25) is 18.7 Å². The normalized spacial score (nSPS) is 27.6. The number of ether oxygens (including phenoxy) is 2. The Morgan fingerprint density at radius 1 is 0.636 bits per heavy atom. The van der Waals surface area contributed by atoms with Gasteiger partial charge in [-0.15, -0.1) is 20.6 Å². The van der Waals surface area contributed by atoms with E-state index in [9.17, 15) is 57.1 Å². The second kappa shape index (κ2) is 20.2. The molecule has 2 fully saturated rings. The standard InChI is InChI=1S/C34H54N12O16S4/c1-63(9-5-17(35)33(51)52,11-19-23(47)25(49)31(59-19)45-15-43-21-27(37)39-13-41-29(21)45)61-65(55,56)7-3-4-8-66(57,58)62-64(2,10-6-18(36)34(53)54)12-20-24(48)26(50)32(60-20)46-16-44-22-28(38)40-14-42-30(22)46/h13-20,23-26,31-32,47-50H,3-12,35-36H2,1-2H3,(H,51,52)(H,53,54)(H2,37,39,41)(H2,38,40,42)/t17-,18-,19+,20+,23+,24+,25+,26+,31+,32+/m0/s1. The molecule has 0 saturated carbocycles. The molecule has 0 bridgehead atoms. The summed E-state index contributed by atoms with van der Waals surface area (Å²) in [7, 11) is -14.9. The van der Waals surface area contributed by atoms with Crippen LogP contribution in [-0.4, -0.2) is 194 Å². The summed E-state index contributed by atoms with van der Waals surface area (Å²) < 4.78 is 80.2. The van der Waals surface area contributed by atoms with E-state index in [1.807, 2.05) is 0 Å². The van der Waals surface area contributed by atoms with Crippen molar-refractivity contribution in [3.05, 3.63) is 25.3 Å². The summed E-state index contributed by atoms with van der Waals surface area (Å²) in [4.78, 5) is 47.4. The number of nitrogens with zero attached hydrogens (tertiary/aromatic N) is 8. The van der Waals surface area contributed by atoms with Gasteiger partial charge in [0.2, 0.25) is 0 Å². The number of nitrogens with two attached hydrogens (primary N) is 4. The highest BCUT2D eigenvalue weighted by Gasteiger charge is 2.49. The first-order valence-corrected chi connectivity index (χ1v) is 27.8. The van der Waals surface area contributed by atoms with Gasteiger partial charge in [0.25, 0.3) is 20.2 Å². The van der Waals surface area contributed by atoms with Crippen LogP contribution >= 0.6 is 20.6 Å². The molecule has 2 aliphatic heterocycles. The lowest BCUT2D eigenvalue weighted by molar-refractivity contribution is -0.139. The maximum absolute atomic E-state index is 13.5. The molecule has 0 radical (unpaired) electrons. The summed E-state index contributed by atoms with van der Waals surface area (Å²) in [6, 6.07) is -2.81. The van der Waals surface area contributed by atoms with Gasteiger partial charge in [0, 0.05) is 23.0 Å². The smallest absolute Gasteiger partial charge is 0.320 e. The summed E-state index contributed by atoms with van der Waals surface area (Å²) in [5.41, 5.74) is 24.0. The summed E-state index contributed by atoms with van der Waals surface area (Å²) >= 11 is 0. The zero-order chi connectivity index (χ0) is 48.5. The fraction of sp³-hybridized carbons (Fsp3) is 0.647. The zero-order valence-electron chi connectivity index (χ0n) is 35.4. The quantitative estimate of drug-likeness (QED) is 0.0328. The van der Waals surface area contributed by atoms with Crippen LogP contribution in [-0.2, 0) is 46.6 Å². The third-order valence-electron chi connectivity index (χ3n) is 11.0. The Hall–Kier alpha value is -4.16. The van der Waals surface area contributed by atoms with E-state index in [1.54, 1.807) is 0 Å². The third kappa shape index (κ3) is 11.7. The van der Waals surface area contributed by atoms with Crippen LogP contribution in [0.5, 0.6) is 0 Å². The molecule has 4 aromatic rings. The molecule has 66 heavy (non-hydrogen) atoms. The Bertz CT molecular complexity index is 2440. The van der Waals surface area contributed by atoms with Crippen LogP contribution in [0.1, 0.15) is 38.1 Å². The largest absolute Gasteiger partial charge is 0.480 e. The molecule has 14 N–H and O–H groups in total. The van der Waals surface area contributed by atoms with Gasteiger partial charge in [0.05, 0.1) is 36.4 Å². The number of aliphatic carboxylic acids is 2. The molecule has 2 aliphatic rings. The number of nitrogen functional groups attached to an aromatic ring is 2. The van der Waals surface area contributed by atoms with Gasteiger partial charge in [0.15, 0.2) is 35.4 Å². The van der Waals surface area contributed by atoms with E-state index in [1.165, 1.54) is 47.0 Å². The molecule has 28 nitrogen and oxygen atoms in total. The maximum atomic E-state index is 13.5. The van der Waals surface area contributed by atoms with E-state index in [0.717, 1.165) is 0 Å². The number of rotatable bonds is 23. The van der Waals surface area contributed by atoms with Crippen molar-refractivity contribution in [1.82, 2.24) is 39.0 Å². The number of carboxylic acid groups (broad SMARTS) is 2. The average Bonchev–Trinajstić information content (AvgIpc) is 4.00. The highest BCUT2D eigenvalue weighted by molar-refractivity contribution is 8.32. The minimum absolute atomic E-state index is 0.0480. The Kier molecular flexibility index (Phi) is 15.7. The first kappa shape index (κ1) is 51.2. The van der Waals surface area contributed by atoms with E-state index in [2.05, 4.69) is 29.9 Å². The number of carboxylic acids is 2. The van der Waals surface area contributed by atoms with Crippen LogP contribution in [0, 0.1) is 0 Å². The van der Waals surface area contributed by atoms with Crippen LogP contribution in [0.2, 0.25) is 0 Å². The number of carbonyl (C=O) groups is 2. The predicted molar refractivity (Wildman–Crippen MR) is 237 cm³/mol. The Balaban J connectivity index is 1.10. The Labute approximate surface area is 380 Å². The molecule has 2 unspecified atom stereocenters. The molecular weight excluding hydrogens is 961 g/mol. The third-order valence-corrected chi connectivity index (χ3v) is 21.1. The predicted octanol–water partition coefficient (Wildman–Crippen LogP) is -3.16. The summed E-state index contributed by atoms with van der Waals surface area (Å²) in [6.45, 7) is 0. The molecule has 2 saturated heterocycles. The van der Waals surface area contributed by atoms with Crippen molar-refractivity contribution in [3.8, 4) is 0 Å². The van der Waals surface area contributed by atoms with Crippen molar-refractivity contribution in [2.75, 3.05) is 58.5 Å². The molecule has 0 amide bonds. The minimum Gasteiger partial charge on any atom is -0.480 e. The maximum Gasteiger partial charge on any atom is 0.320 e. The summed E-state index contributed by atoms with van der Waals surface area (Å²) in [6.07, 6.45) is -4.64. The van der Waals surface area contributed by atoms with Crippen LogP contribution in [0.25, 0.3) is 22.3 Å². The van der Waals surface area contributed by atoms with E-state index in [0.29, 0.717) is 0 Å². The van der Waals surface area contributed by atoms with Crippen LogP contribution in [0.15, 0.2) is 25.3 Å². The topological polar surface area (TPSA) is 452 Å². The molecule has 6 rings (SSSR count). The number of imidazole rings is 2. The van der Waals surface area contributed by atoms with Crippen molar-refractivity contribution >= 4 is 86.8 Å². The van der Waals surface area contributed by atoms with Crippen molar-refractivity contribution in [2.24, 2.45) is 11.5 Å². The number of fused-ring (bicyclic) bond motifs is 2. The first-order chi connectivity index (χ1) is 30.8. The number of unbranched alkanes of at least 4 members (excludes halogenated alkanes) is 1. The van der Waals surface area contributed by atoms with Crippen molar-refractivity contribution in [2.45, 2.75) is 86.8 Å². The molecule has 370 valence electrons. The average molecular weight is 1020 g/mol. The lowest BCUT2D eigenvalue weighted by Gasteiger charge is -2.37. The van der Waals surface area contributed by atoms with Gasteiger partial charge in [-0.05, 0) is 38.2 Å². The molecule has 0 aliphatic carbocycles. The zero-order valence-corrected chi connectivity index (χ0v) is 38.7. The van der Waals surface area contributed by atoms with Gasteiger partial charge in [-0.2, -0.15) is 16.8 Å². The number of anilines is 2. The van der Waals surface area contributed by atoms with E-state index in [4.69, 9.17) is 39.7 Å². The molecule has 4 aromatic heterocycles. The Morgan fingerprint density at radius 3 is 1.35 bits per heavy atom. The summed E-state index contributed by atoms with van der Waals surface area (Å²) in [5.74, 6) is -5.06. The number of aromatic nitrogens is 8. The Morgan fingerprint density at radius 2 is 1.00 bits per heavy atom. The molecule has 32 heteroatoms. The lowest BCUT2D eigenvalue weighted by atomic mass is 10.1. The fourth-order valence-corrected chi connectivity index (χ4v) is 17.8. The first-order valence-electron chi connectivity index (χ1n) is 20.0. The molecule has 6 heterocycles. The minimum atomic E-state index is -4.50. The second-order valence-electron chi connectivity index (χ2n) is 16.2. The van der Waals surface area contributed by atoms with E-state index < -0.39 is 125 Å². The molecule has 0 spiro atoms. The molecule has 0 aromatic carbocycles. The van der Waals surface area contributed by atoms with Crippen LogP contribution < -0.4 is 22.9 Å². The number of aliphatic hydroxyl groups excluding tert-OH is 4. The number of aliphatic hydroxyl groups is 4. The second-order valence-corrected chi connectivity index (χ2v) is 26.6. The van der Waals surface area contributed by atoms with Gasteiger partial charge >= 0.3 is 11.9 Å².